The number of hydrogen-bond acceptors (Lipinski definition) is 2. The lowest BCUT2D eigenvalue weighted by molar-refractivity contribution is 0.00713. The first kappa shape index (κ1) is 19.9. The highest BCUT2D eigenvalue weighted by molar-refractivity contribution is 4.67. The molecule has 0 rings (SSSR count). The molecule has 0 saturated heterocycles. The van der Waals surface area contributed by atoms with E-state index in [2.05, 4.69) is 20.8 Å². The number of aliphatic hydroxyl groups excluding tert-OH is 2. The summed E-state index contributed by atoms with van der Waals surface area (Å²) >= 11 is 0. The van der Waals surface area contributed by atoms with Gasteiger partial charge in [-0.15, -0.1) is 0 Å². The molecule has 0 aliphatic heterocycles. The maximum absolute atomic E-state index is 9.90. The van der Waals surface area contributed by atoms with Crippen molar-refractivity contribution in [2.24, 2.45) is 5.92 Å². The van der Waals surface area contributed by atoms with Crippen molar-refractivity contribution in [3.63, 3.8) is 0 Å². The van der Waals surface area contributed by atoms with Crippen molar-refractivity contribution < 1.29 is 10.2 Å². The smallest absolute Gasteiger partial charge is 0.0799 e. The molecule has 0 bridgehead atoms. The van der Waals surface area contributed by atoms with Crippen LogP contribution in [0.5, 0.6) is 0 Å². The summed E-state index contributed by atoms with van der Waals surface area (Å²) < 4.78 is 0. The first-order valence-electron chi connectivity index (χ1n) is 8.94. The number of rotatable bonds is 14. The van der Waals surface area contributed by atoms with Crippen LogP contribution in [0.1, 0.15) is 97.8 Å². The van der Waals surface area contributed by atoms with Crippen molar-refractivity contribution in [1.29, 1.82) is 0 Å². The Morgan fingerprint density at radius 2 is 1.00 bits per heavy atom. The largest absolute Gasteiger partial charge is 0.390 e. The van der Waals surface area contributed by atoms with Crippen molar-refractivity contribution in [3.05, 3.63) is 0 Å². The Hall–Kier alpha value is -0.0800. The van der Waals surface area contributed by atoms with E-state index in [4.69, 9.17) is 0 Å². The first-order chi connectivity index (χ1) is 9.57. The standard InChI is InChI=1S/C18H38O2/c1-4-5-6-11-14-17(19)18(20)15-12-9-7-8-10-13-16(2)3/h16-20H,4-15H2,1-3H3. The normalized spacial score (nSPS) is 14.7. The minimum absolute atomic E-state index is 0.507. The summed E-state index contributed by atoms with van der Waals surface area (Å²) in [7, 11) is 0. The van der Waals surface area contributed by atoms with Gasteiger partial charge in [-0.05, 0) is 18.8 Å². The molecular formula is C18H38O2. The predicted octanol–water partition coefficient (Wildman–Crippen LogP) is 5.07. The van der Waals surface area contributed by atoms with Gasteiger partial charge in [-0.2, -0.15) is 0 Å². The quantitative estimate of drug-likeness (QED) is 0.438. The SMILES string of the molecule is CCCCCCC(O)C(O)CCCCCCCC(C)C. The van der Waals surface area contributed by atoms with Gasteiger partial charge >= 0.3 is 0 Å². The third-order valence-electron chi connectivity index (χ3n) is 4.08. The summed E-state index contributed by atoms with van der Waals surface area (Å²) in [6.45, 7) is 6.74. The zero-order valence-electron chi connectivity index (χ0n) is 14.1. The van der Waals surface area contributed by atoms with Gasteiger partial charge in [0.05, 0.1) is 12.2 Å². The van der Waals surface area contributed by atoms with Gasteiger partial charge in [-0.3, -0.25) is 0 Å². The monoisotopic (exact) mass is 286 g/mol. The van der Waals surface area contributed by atoms with Gasteiger partial charge in [-0.1, -0.05) is 85.0 Å². The van der Waals surface area contributed by atoms with E-state index in [-0.39, 0.29) is 0 Å². The Kier molecular flexibility index (Phi) is 13.8. The summed E-state index contributed by atoms with van der Waals surface area (Å²) in [5.74, 6) is 0.819. The van der Waals surface area contributed by atoms with E-state index in [0.717, 1.165) is 31.6 Å². The van der Waals surface area contributed by atoms with Crippen LogP contribution in [0.4, 0.5) is 0 Å². The van der Waals surface area contributed by atoms with E-state index in [1.807, 2.05) is 0 Å². The van der Waals surface area contributed by atoms with Crippen LogP contribution in [0.15, 0.2) is 0 Å². The van der Waals surface area contributed by atoms with Crippen LogP contribution in [0.3, 0.4) is 0 Å². The summed E-state index contributed by atoms with van der Waals surface area (Å²) in [6, 6.07) is 0. The second-order valence-corrected chi connectivity index (χ2v) is 6.72. The molecule has 2 N–H and O–H groups in total. The summed E-state index contributed by atoms with van der Waals surface area (Å²) in [5, 5.41) is 19.8. The van der Waals surface area contributed by atoms with Gasteiger partial charge in [0, 0.05) is 0 Å². The maximum Gasteiger partial charge on any atom is 0.0799 e. The Morgan fingerprint density at radius 1 is 0.600 bits per heavy atom. The molecular weight excluding hydrogens is 248 g/mol. The molecule has 2 heteroatoms. The summed E-state index contributed by atoms with van der Waals surface area (Å²) in [6.07, 6.45) is 12.7. The van der Waals surface area contributed by atoms with Gasteiger partial charge < -0.3 is 10.2 Å². The molecule has 0 aromatic heterocycles. The summed E-state index contributed by atoms with van der Waals surface area (Å²) in [5.41, 5.74) is 0. The van der Waals surface area contributed by atoms with E-state index < -0.39 is 12.2 Å². The predicted molar refractivity (Wildman–Crippen MR) is 87.9 cm³/mol. The Labute approximate surface area is 127 Å². The Morgan fingerprint density at radius 3 is 1.45 bits per heavy atom. The van der Waals surface area contributed by atoms with Crippen LogP contribution < -0.4 is 0 Å². The van der Waals surface area contributed by atoms with Crippen LogP contribution in [-0.4, -0.2) is 22.4 Å². The third kappa shape index (κ3) is 12.9. The van der Waals surface area contributed by atoms with Crippen molar-refractivity contribution in [2.75, 3.05) is 0 Å². The molecule has 0 fully saturated rings. The molecule has 2 nitrogen and oxygen atoms in total. The average molecular weight is 286 g/mol. The molecule has 0 heterocycles. The highest BCUT2D eigenvalue weighted by Gasteiger charge is 2.14. The Bertz CT molecular complexity index is 192. The molecule has 0 aliphatic carbocycles. The van der Waals surface area contributed by atoms with E-state index in [1.165, 1.54) is 51.4 Å². The molecule has 0 radical (unpaired) electrons. The molecule has 0 amide bonds. The lowest BCUT2D eigenvalue weighted by atomic mass is 9.99. The lowest BCUT2D eigenvalue weighted by Gasteiger charge is -2.17. The third-order valence-corrected chi connectivity index (χ3v) is 4.08. The topological polar surface area (TPSA) is 40.5 Å². The molecule has 0 spiro atoms. The Balaban J connectivity index is 3.36. The zero-order valence-corrected chi connectivity index (χ0v) is 14.1. The highest BCUT2D eigenvalue weighted by atomic mass is 16.3. The van der Waals surface area contributed by atoms with E-state index in [0.29, 0.717) is 0 Å². The zero-order chi connectivity index (χ0) is 15.2. The van der Waals surface area contributed by atoms with Crippen LogP contribution in [0, 0.1) is 5.92 Å². The second-order valence-electron chi connectivity index (χ2n) is 6.72. The molecule has 122 valence electrons. The van der Waals surface area contributed by atoms with Gasteiger partial charge in [0.2, 0.25) is 0 Å². The highest BCUT2D eigenvalue weighted by Crippen LogP contribution is 2.15. The first-order valence-corrected chi connectivity index (χ1v) is 8.94. The van der Waals surface area contributed by atoms with Crippen LogP contribution in [-0.2, 0) is 0 Å². The fraction of sp³-hybridized carbons (Fsp3) is 1.00. The van der Waals surface area contributed by atoms with E-state index in [9.17, 15) is 10.2 Å². The minimum Gasteiger partial charge on any atom is -0.390 e. The molecule has 0 aromatic carbocycles. The fourth-order valence-electron chi connectivity index (χ4n) is 2.60. The molecule has 20 heavy (non-hydrogen) atoms. The lowest BCUT2D eigenvalue weighted by Crippen LogP contribution is -2.25. The molecule has 2 unspecified atom stereocenters. The van der Waals surface area contributed by atoms with Gasteiger partial charge in [0.25, 0.3) is 0 Å². The average Bonchev–Trinajstić information content (AvgIpc) is 2.41. The number of hydrogen-bond donors (Lipinski definition) is 2. The number of aliphatic hydroxyl groups is 2. The van der Waals surface area contributed by atoms with Crippen molar-refractivity contribution in [2.45, 2.75) is 110 Å². The minimum atomic E-state index is -0.507. The second kappa shape index (κ2) is 13.9. The van der Waals surface area contributed by atoms with Gasteiger partial charge in [0.1, 0.15) is 0 Å². The van der Waals surface area contributed by atoms with Crippen molar-refractivity contribution in [1.82, 2.24) is 0 Å². The maximum atomic E-state index is 9.90. The van der Waals surface area contributed by atoms with Crippen molar-refractivity contribution in [3.8, 4) is 0 Å². The fourth-order valence-corrected chi connectivity index (χ4v) is 2.60. The number of unbranched alkanes of at least 4 members (excludes halogenated alkanes) is 7. The van der Waals surface area contributed by atoms with Crippen LogP contribution in [0.2, 0.25) is 0 Å². The van der Waals surface area contributed by atoms with Crippen LogP contribution >= 0.6 is 0 Å². The summed E-state index contributed by atoms with van der Waals surface area (Å²) in [4.78, 5) is 0. The molecule has 0 aromatic rings. The van der Waals surface area contributed by atoms with E-state index in [1.54, 1.807) is 0 Å². The van der Waals surface area contributed by atoms with Crippen molar-refractivity contribution >= 4 is 0 Å². The molecule has 0 aliphatic rings. The van der Waals surface area contributed by atoms with Gasteiger partial charge in [-0.25, -0.2) is 0 Å². The van der Waals surface area contributed by atoms with E-state index >= 15 is 0 Å². The van der Waals surface area contributed by atoms with Crippen LogP contribution in [0.25, 0.3) is 0 Å². The van der Waals surface area contributed by atoms with Gasteiger partial charge in [0.15, 0.2) is 0 Å². The molecule has 0 saturated carbocycles. The molecule has 2 atom stereocenters.